The van der Waals surface area contributed by atoms with Crippen molar-refractivity contribution in [3.05, 3.63) is 92.0 Å². The molecule has 2 heterocycles. The highest BCUT2D eigenvalue weighted by atomic mass is 16.5. The van der Waals surface area contributed by atoms with Crippen molar-refractivity contribution < 1.29 is 0 Å². The van der Waals surface area contributed by atoms with E-state index in [1.807, 2.05) is 0 Å². The second-order valence-corrected chi connectivity index (χ2v) is 4.44. The minimum absolute atomic E-state index is 0.0254. The van der Waals surface area contributed by atoms with Crippen molar-refractivity contribution >= 4 is 0 Å². The molecule has 0 saturated carbocycles. The molecule has 2 aromatic rings. The number of benzene rings is 2. The Kier molecular flexibility index (Phi) is 2.03. The van der Waals surface area contributed by atoms with Gasteiger partial charge in [0.25, 0.3) is 0 Å². The molecule has 0 aliphatic carbocycles. The molecule has 2 aliphatic heterocycles. The van der Waals surface area contributed by atoms with Gasteiger partial charge in [-0.25, -0.2) is 9.48 Å². The van der Waals surface area contributed by atoms with Crippen LogP contribution in [0.3, 0.4) is 0 Å². The molecule has 20 heavy (non-hydrogen) atoms. The monoisotopic (exact) mass is 264 g/mol. The third kappa shape index (κ3) is 1.33. The lowest BCUT2D eigenvalue weighted by Crippen LogP contribution is -2.31. The van der Waals surface area contributed by atoms with Gasteiger partial charge < -0.3 is 10.4 Å². The fraction of sp³-hybridized carbons (Fsp3) is 0. The van der Waals surface area contributed by atoms with Crippen molar-refractivity contribution in [2.45, 2.75) is 0 Å². The fourth-order valence-electron chi connectivity index (χ4n) is 2.29. The van der Waals surface area contributed by atoms with Gasteiger partial charge in [0, 0.05) is 0 Å². The van der Waals surface area contributed by atoms with Crippen LogP contribution in [-0.4, -0.2) is 0 Å². The molecule has 0 saturated heterocycles. The molecule has 0 aromatic heterocycles. The van der Waals surface area contributed by atoms with Crippen LogP contribution < -0.4 is 30.9 Å². The van der Waals surface area contributed by atoms with Gasteiger partial charge in [0.15, 0.2) is 10.7 Å². The van der Waals surface area contributed by atoms with Gasteiger partial charge in [-0.15, -0.1) is 0 Å². The number of rotatable bonds is 0. The quantitative estimate of drug-likeness (QED) is 0.440. The van der Waals surface area contributed by atoms with Gasteiger partial charge in [-0.3, -0.25) is 0 Å². The summed E-state index contributed by atoms with van der Waals surface area (Å²) in [5.41, 5.74) is 0. The molecule has 6 heteroatoms. The predicted octanol–water partition coefficient (Wildman–Crippen LogP) is -1.24. The third-order valence-corrected chi connectivity index (χ3v) is 3.24. The molecule has 0 unspecified atom stereocenters. The van der Waals surface area contributed by atoms with Crippen LogP contribution in [0.5, 0.6) is 0 Å². The first-order valence-electron chi connectivity index (χ1n) is 6.06. The van der Waals surface area contributed by atoms with Crippen LogP contribution >= 0.6 is 0 Å². The first kappa shape index (κ1) is 10.9. The van der Waals surface area contributed by atoms with Gasteiger partial charge in [-0.05, 0) is 34.3 Å². The second kappa shape index (κ2) is 3.74. The topological polar surface area (TPSA) is 76.9 Å². The summed E-state index contributed by atoms with van der Waals surface area (Å²) in [7, 11) is 0. The Morgan fingerprint density at radius 2 is 1.05 bits per heavy atom. The summed E-state index contributed by atoms with van der Waals surface area (Å²) < 4.78 is 1.29. The summed E-state index contributed by atoms with van der Waals surface area (Å²) in [6.07, 6.45) is 0. The molecule has 0 amide bonds. The molecule has 0 spiro atoms. The lowest BCUT2D eigenvalue weighted by Gasteiger charge is -2.04. The second-order valence-electron chi connectivity index (χ2n) is 4.44. The average molecular weight is 264 g/mol. The van der Waals surface area contributed by atoms with E-state index in [-0.39, 0.29) is 11.6 Å². The standard InChI is InChI=1S/C14H8N4O2/c19-17-11-7-3-1-5-9(11)15-13(17)14-16-10-6-2-4-8-12(10)18(14)20/h1-8H/b14-13+. The fourth-order valence-corrected chi connectivity index (χ4v) is 2.29. The molecule has 2 aromatic carbocycles. The van der Waals surface area contributed by atoms with Crippen LogP contribution in [0.4, 0.5) is 0 Å². The molecule has 0 atom stereocenters. The molecular formula is C14H8N4O2. The van der Waals surface area contributed by atoms with E-state index in [1.54, 1.807) is 48.5 Å². The van der Waals surface area contributed by atoms with Gasteiger partial charge in [-0.1, -0.05) is 24.3 Å². The van der Waals surface area contributed by atoms with E-state index in [9.17, 15) is 10.4 Å². The summed E-state index contributed by atoms with van der Waals surface area (Å²) in [5.74, 6) is 0.0507. The van der Waals surface area contributed by atoms with Crippen LogP contribution in [-0.2, 0) is 0 Å². The summed E-state index contributed by atoms with van der Waals surface area (Å²) in [6, 6.07) is 13.9. The number of hydrogen-bond acceptors (Lipinski definition) is 4. The first-order valence-corrected chi connectivity index (χ1v) is 6.06. The zero-order valence-electron chi connectivity index (χ0n) is 10.2. The van der Waals surface area contributed by atoms with Gasteiger partial charge in [0.1, 0.15) is 0 Å². The van der Waals surface area contributed by atoms with Crippen molar-refractivity contribution in [3.63, 3.8) is 0 Å². The summed E-state index contributed by atoms with van der Waals surface area (Å²) in [5, 5.41) is 26.4. The van der Waals surface area contributed by atoms with E-state index in [4.69, 9.17) is 0 Å². The van der Waals surface area contributed by atoms with Crippen molar-refractivity contribution in [1.29, 1.82) is 0 Å². The Balaban J connectivity index is 2.10. The summed E-state index contributed by atoms with van der Waals surface area (Å²) in [4.78, 5) is 8.41. The minimum Gasteiger partial charge on any atom is -0.710 e. The maximum atomic E-state index is 12.2. The number of fused-ring (bicyclic) bond motifs is 2. The van der Waals surface area contributed by atoms with Crippen molar-refractivity contribution in [2.24, 2.45) is 9.98 Å². The van der Waals surface area contributed by atoms with Gasteiger partial charge in [0.2, 0.25) is 10.7 Å². The smallest absolute Gasteiger partial charge is 0.423 e. The van der Waals surface area contributed by atoms with Gasteiger partial charge >= 0.3 is 11.6 Å². The number of para-hydroxylation sites is 4. The molecule has 2 aliphatic rings. The molecule has 4 rings (SSSR count). The summed E-state index contributed by atoms with van der Waals surface area (Å²) in [6.45, 7) is 0. The lowest BCUT2D eigenvalue weighted by molar-refractivity contribution is 0.791. The van der Waals surface area contributed by atoms with E-state index in [2.05, 4.69) is 9.98 Å². The Morgan fingerprint density at radius 1 is 0.650 bits per heavy atom. The molecule has 0 bridgehead atoms. The molecule has 6 nitrogen and oxygen atoms in total. The number of nitrogens with zero attached hydrogens (tertiary/aromatic N) is 4. The Bertz CT molecular complexity index is 938. The first-order chi connectivity index (χ1) is 9.75. The Hall–Kier alpha value is -3.02. The summed E-state index contributed by atoms with van der Waals surface area (Å²) >= 11 is 0. The molecule has 0 N–H and O–H groups in total. The van der Waals surface area contributed by atoms with Crippen LogP contribution in [0.25, 0.3) is 0 Å². The van der Waals surface area contributed by atoms with Crippen LogP contribution in [0.1, 0.15) is 0 Å². The third-order valence-electron chi connectivity index (χ3n) is 3.24. The van der Waals surface area contributed by atoms with E-state index in [1.165, 1.54) is 0 Å². The van der Waals surface area contributed by atoms with Crippen LogP contribution in [0.2, 0.25) is 0 Å². The van der Waals surface area contributed by atoms with E-state index in [0.29, 0.717) is 30.9 Å². The maximum Gasteiger partial charge on any atom is 0.423 e. The molecule has 96 valence electrons. The van der Waals surface area contributed by atoms with Crippen LogP contribution in [0, 0.1) is 10.4 Å². The Morgan fingerprint density at radius 3 is 1.45 bits per heavy atom. The van der Waals surface area contributed by atoms with Crippen molar-refractivity contribution in [1.82, 2.24) is 9.48 Å². The van der Waals surface area contributed by atoms with Crippen molar-refractivity contribution in [3.8, 4) is 0 Å². The van der Waals surface area contributed by atoms with E-state index < -0.39 is 0 Å². The molecule has 0 fully saturated rings. The van der Waals surface area contributed by atoms with E-state index >= 15 is 0 Å². The van der Waals surface area contributed by atoms with E-state index in [0.717, 1.165) is 0 Å². The minimum atomic E-state index is 0.0254. The SMILES string of the molecule is [O-][N+]1=c2ccccc2=N/C1=C1/N=c2ccccc2=[N+]1[O-]. The highest BCUT2D eigenvalue weighted by molar-refractivity contribution is 5.24. The van der Waals surface area contributed by atoms with Gasteiger partial charge in [0.05, 0.1) is 0 Å². The molecular weight excluding hydrogens is 256 g/mol. The number of hydroxylamine groups is 2. The number of hydrogen-bond donors (Lipinski definition) is 0. The maximum absolute atomic E-state index is 12.2. The highest BCUT2D eigenvalue weighted by Gasteiger charge is 2.31. The highest BCUT2D eigenvalue weighted by Crippen LogP contribution is 2.08. The Labute approximate surface area is 112 Å². The normalized spacial score (nSPS) is 19.4. The average Bonchev–Trinajstić information content (AvgIpc) is 2.98. The zero-order chi connectivity index (χ0) is 13.7. The lowest BCUT2D eigenvalue weighted by atomic mass is 10.3. The molecule has 0 radical (unpaired) electrons. The zero-order valence-corrected chi connectivity index (χ0v) is 10.2. The van der Waals surface area contributed by atoms with Gasteiger partial charge in [-0.2, -0.15) is 0 Å². The van der Waals surface area contributed by atoms with Crippen molar-refractivity contribution in [2.75, 3.05) is 0 Å². The largest absolute Gasteiger partial charge is 0.710 e. The van der Waals surface area contributed by atoms with Crippen LogP contribution in [0.15, 0.2) is 70.2 Å². The predicted molar refractivity (Wildman–Crippen MR) is 70.7 cm³/mol.